The second-order valence-electron chi connectivity index (χ2n) is 2.99. The molecular weight excluding hydrogens is 300 g/mol. The van der Waals surface area contributed by atoms with E-state index in [0.717, 1.165) is 5.75 Å². The van der Waals surface area contributed by atoms with Crippen molar-refractivity contribution in [2.75, 3.05) is 7.11 Å². The number of ether oxygens (including phenoxy) is 1. The summed E-state index contributed by atoms with van der Waals surface area (Å²) in [4.78, 5) is 1.31. The second-order valence-corrected chi connectivity index (χ2v) is 5.82. The van der Waals surface area contributed by atoms with Gasteiger partial charge in [0.1, 0.15) is 11.1 Å². The van der Waals surface area contributed by atoms with Gasteiger partial charge in [0.15, 0.2) is 4.88 Å². The Morgan fingerprint density at radius 1 is 1.22 bits per heavy atom. The van der Waals surface area contributed by atoms with Gasteiger partial charge >= 0.3 is 28.9 Å². The molecule has 3 N–H and O–H groups in total. The van der Waals surface area contributed by atoms with Gasteiger partial charge in [-0.15, -0.1) is 0 Å². The summed E-state index contributed by atoms with van der Waals surface area (Å²) in [5.41, 5.74) is 1.26. The molecule has 0 aliphatic heterocycles. The van der Waals surface area contributed by atoms with Crippen LogP contribution < -0.4 is 9.40 Å². The average molecular weight is 312 g/mol. The summed E-state index contributed by atoms with van der Waals surface area (Å²) in [6, 6.07) is 8.13. The molecular formula is C10H12ClO5S2+. The van der Waals surface area contributed by atoms with Gasteiger partial charge in [-0.2, -0.15) is 0 Å². The summed E-state index contributed by atoms with van der Waals surface area (Å²) in [6.07, 6.45) is 0. The van der Waals surface area contributed by atoms with Crippen LogP contribution in [0.15, 0.2) is 34.3 Å². The van der Waals surface area contributed by atoms with Crippen LogP contribution in [0, 0.1) is 10.2 Å². The number of hydrogen-bond donors (Lipinski definition) is 3. The zero-order chi connectivity index (χ0) is 13.6. The van der Waals surface area contributed by atoms with Crippen LogP contribution >= 0.6 is 22.7 Å². The van der Waals surface area contributed by atoms with Crippen molar-refractivity contribution in [3.8, 4) is 16.2 Å². The first-order valence-corrected chi connectivity index (χ1v) is 7.69. The first kappa shape index (κ1) is 15.3. The fraction of sp³-hybridized carbons (Fsp3) is 0.100. The van der Waals surface area contributed by atoms with E-state index in [1.165, 1.54) is 10.4 Å². The van der Waals surface area contributed by atoms with Crippen LogP contribution in [-0.2, 0) is 0 Å². The van der Waals surface area contributed by atoms with E-state index in [4.69, 9.17) is 23.4 Å². The zero-order valence-electron chi connectivity index (χ0n) is 9.32. The Balaban J connectivity index is 0.000000280. The molecule has 0 atom stereocenters. The van der Waals surface area contributed by atoms with Gasteiger partial charge in [-0.1, -0.05) is 0 Å². The molecule has 0 aliphatic rings. The minimum atomic E-state index is -4.19. The van der Waals surface area contributed by atoms with E-state index in [0.29, 0.717) is 0 Å². The molecule has 0 fully saturated rings. The number of methoxy groups -OCH3 is 1. The van der Waals surface area contributed by atoms with Gasteiger partial charge < -0.3 is 4.74 Å². The van der Waals surface area contributed by atoms with Crippen LogP contribution in [0.2, 0.25) is 0 Å². The summed E-state index contributed by atoms with van der Waals surface area (Å²) in [5, 5.41) is 2.16. The first-order valence-electron chi connectivity index (χ1n) is 4.55. The number of halogens is 1. The normalized spacial score (nSPS) is 11.4. The standard InChI is InChI=1S/C10H9OS2.ClH3O4/c1-11-9-4-2-8(3-5-9)10-6-12-7-13-10;2-1(3,4)5/h2-7H,1H3;2-4H/q+1;. The van der Waals surface area contributed by atoms with Gasteiger partial charge in [0.25, 0.3) is 0 Å². The molecule has 2 aromatic rings. The molecule has 18 heavy (non-hydrogen) atoms. The van der Waals surface area contributed by atoms with Crippen molar-refractivity contribution in [3.05, 3.63) is 34.3 Å². The molecule has 0 saturated heterocycles. The van der Waals surface area contributed by atoms with E-state index >= 15 is 0 Å². The Labute approximate surface area is 114 Å². The van der Waals surface area contributed by atoms with Crippen molar-refractivity contribution in [2.45, 2.75) is 0 Å². The SMILES string of the molecule is COc1ccc(-c2c[s+]cs2)cc1.[O-][Cl+](O)(O)O. The molecule has 5 nitrogen and oxygen atoms in total. The Hall–Kier alpha value is -0.800. The predicted molar refractivity (Wildman–Crippen MR) is 65.2 cm³/mol. The van der Waals surface area contributed by atoms with Crippen LogP contribution in [0.1, 0.15) is 0 Å². The van der Waals surface area contributed by atoms with Gasteiger partial charge in [0, 0.05) is 5.56 Å². The summed E-state index contributed by atoms with van der Waals surface area (Å²) in [6.45, 7) is 0. The Bertz CT molecular complexity index is 446. The van der Waals surface area contributed by atoms with E-state index in [9.17, 15) is 0 Å². The zero-order valence-corrected chi connectivity index (χ0v) is 11.7. The van der Waals surface area contributed by atoms with Crippen LogP contribution in [0.3, 0.4) is 0 Å². The van der Waals surface area contributed by atoms with E-state index in [-0.39, 0.29) is 0 Å². The van der Waals surface area contributed by atoms with Crippen LogP contribution in [0.4, 0.5) is 0 Å². The maximum absolute atomic E-state index is 8.83. The van der Waals surface area contributed by atoms with Gasteiger partial charge in [-0.05, 0) is 24.3 Å². The fourth-order valence-corrected chi connectivity index (χ4v) is 2.87. The molecule has 2 rings (SSSR count). The molecule has 1 heterocycles. The fourth-order valence-electron chi connectivity index (χ4n) is 1.09. The van der Waals surface area contributed by atoms with Crippen molar-refractivity contribution in [2.24, 2.45) is 0 Å². The molecule has 0 amide bonds. The molecule has 0 spiro atoms. The van der Waals surface area contributed by atoms with Gasteiger partial charge in [0.05, 0.1) is 29.8 Å². The average Bonchev–Trinajstić information content (AvgIpc) is 2.80. The quantitative estimate of drug-likeness (QED) is 0.717. The van der Waals surface area contributed by atoms with Gasteiger partial charge in [-0.3, -0.25) is 0 Å². The van der Waals surface area contributed by atoms with Crippen molar-refractivity contribution in [1.29, 1.82) is 0 Å². The molecule has 1 aromatic heterocycles. The first-order chi connectivity index (χ1) is 8.40. The molecule has 8 heteroatoms. The monoisotopic (exact) mass is 311 g/mol. The second kappa shape index (κ2) is 6.95. The van der Waals surface area contributed by atoms with Crippen molar-refractivity contribution in [1.82, 2.24) is 0 Å². The van der Waals surface area contributed by atoms with Crippen LogP contribution in [0.25, 0.3) is 10.4 Å². The Kier molecular flexibility index (Phi) is 5.89. The van der Waals surface area contributed by atoms with Gasteiger partial charge in [0.2, 0.25) is 4.69 Å². The minimum absolute atomic E-state index is 0.906. The van der Waals surface area contributed by atoms with E-state index in [1.807, 2.05) is 12.1 Å². The van der Waals surface area contributed by atoms with Gasteiger partial charge in [-0.25, -0.2) is 0 Å². The number of benzene rings is 1. The molecule has 0 bridgehead atoms. The van der Waals surface area contributed by atoms with E-state index < -0.39 is 10.2 Å². The van der Waals surface area contributed by atoms with E-state index in [1.54, 1.807) is 29.8 Å². The third-order valence-electron chi connectivity index (χ3n) is 1.78. The number of rotatable bonds is 2. The predicted octanol–water partition coefficient (Wildman–Crippen LogP) is 0.906. The summed E-state index contributed by atoms with van der Waals surface area (Å²) >= 11 is 3.50. The summed E-state index contributed by atoms with van der Waals surface area (Å²) < 4.78 is 37.4. The molecule has 1 aromatic carbocycles. The third-order valence-corrected chi connectivity index (χ3v) is 3.74. The molecule has 0 aliphatic carbocycles. The van der Waals surface area contributed by atoms with Crippen molar-refractivity contribution < 1.29 is 33.6 Å². The Morgan fingerprint density at radius 2 is 1.78 bits per heavy atom. The molecule has 100 valence electrons. The molecule has 0 radical (unpaired) electrons. The Morgan fingerprint density at radius 3 is 2.17 bits per heavy atom. The molecule has 0 unspecified atom stereocenters. The van der Waals surface area contributed by atoms with E-state index in [2.05, 4.69) is 22.2 Å². The maximum atomic E-state index is 8.83. The van der Waals surface area contributed by atoms with Crippen molar-refractivity contribution in [3.63, 3.8) is 0 Å². The summed E-state index contributed by atoms with van der Waals surface area (Å²) in [5.74, 6) is 0.906. The molecule has 0 saturated carbocycles. The number of hydrogen-bond acceptors (Lipinski definition) is 6. The van der Waals surface area contributed by atoms with Crippen LogP contribution in [0.5, 0.6) is 5.75 Å². The topological polar surface area (TPSA) is 93.0 Å². The third kappa shape index (κ3) is 6.22. The summed E-state index contributed by atoms with van der Waals surface area (Å²) in [7, 11) is -2.51. The van der Waals surface area contributed by atoms with Crippen molar-refractivity contribution >= 4 is 22.7 Å². The van der Waals surface area contributed by atoms with Crippen LogP contribution in [-0.4, -0.2) is 21.1 Å².